The number of aliphatic hydroxyl groups excluding tert-OH is 4. The maximum absolute atomic E-state index is 11.6. The van der Waals surface area contributed by atoms with Crippen molar-refractivity contribution in [1.29, 1.82) is 0 Å². The van der Waals surface area contributed by atoms with Crippen LogP contribution >= 0.6 is 0 Å². The van der Waals surface area contributed by atoms with E-state index in [4.69, 9.17) is 34.9 Å². The molecule has 0 saturated carbocycles. The van der Waals surface area contributed by atoms with Crippen molar-refractivity contribution in [2.75, 3.05) is 53.9 Å². The Morgan fingerprint density at radius 1 is 0.609 bits per heavy atom. The maximum Gasteiger partial charge on any atom is 0.335 e. The van der Waals surface area contributed by atoms with E-state index in [-0.39, 0.29) is 113 Å². The summed E-state index contributed by atoms with van der Waals surface area (Å²) in [5, 5.41) is 40.2. The molecule has 1 fully saturated rings. The molecule has 1 saturated heterocycles. The van der Waals surface area contributed by atoms with Crippen molar-refractivity contribution in [3.63, 3.8) is 0 Å². The molecule has 17 nitrogen and oxygen atoms in total. The lowest BCUT2D eigenvalue weighted by molar-refractivity contribution is -0.198. The fourth-order valence-electron chi connectivity index (χ4n) is 5.35. The van der Waals surface area contributed by atoms with Gasteiger partial charge < -0.3 is 55.3 Å². The van der Waals surface area contributed by atoms with Crippen LogP contribution in [0.25, 0.3) is 0 Å². The summed E-state index contributed by atoms with van der Waals surface area (Å²) in [5.41, 5.74) is 5.51. The maximum atomic E-state index is 11.6. The smallest absolute Gasteiger partial charge is 0.335 e. The summed E-state index contributed by atoms with van der Waals surface area (Å²) in [4.78, 5) is 60.1. The monoisotopic (exact) mass is 1010 g/mol. The number of methoxy groups -OCH3 is 2. The van der Waals surface area contributed by atoms with Gasteiger partial charge in [-0.15, -0.1) is 5.06 Å². The van der Waals surface area contributed by atoms with Crippen LogP contribution in [0.3, 0.4) is 0 Å². The number of hydrogen-bond acceptors (Lipinski definition) is 15. The Morgan fingerprint density at radius 2 is 1.00 bits per heavy atom. The number of hydroxylamine groups is 2. The van der Waals surface area contributed by atoms with Gasteiger partial charge in [0.25, 0.3) is 11.8 Å². The number of ketones is 1. The van der Waals surface area contributed by atoms with Gasteiger partial charge in [0.2, 0.25) is 5.91 Å². The van der Waals surface area contributed by atoms with Gasteiger partial charge in [0, 0.05) is 52.0 Å². The van der Waals surface area contributed by atoms with E-state index >= 15 is 0 Å². The van der Waals surface area contributed by atoms with Crippen LogP contribution in [0, 0.1) is 0 Å². The molecule has 0 spiro atoms. The zero-order valence-electron chi connectivity index (χ0n) is 41.0. The number of carbonyl (C=O) groups excluding carboxylic acids is 5. The molecular weight excluding hydrogens is 891 g/mol. The molecule has 7 N–H and O–H groups in total. The number of unbranched alkanes of at least 4 members (excludes halogenated alkanes) is 4. The molecule has 424 valence electrons. The van der Waals surface area contributed by atoms with Gasteiger partial charge in [0.05, 0.1) is 70.5 Å². The molecular formula is C52H117N3O14. The van der Waals surface area contributed by atoms with Crippen molar-refractivity contribution < 1.29 is 68.2 Å². The number of nitrogens with two attached hydrogens (primary N) is 1. The molecule has 3 amide bonds. The molecule has 1 rings (SSSR count). The molecule has 17 heteroatoms. The molecule has 6 atom stereocenters. The second-order valence-electron chi connectivity index (χ2n) is 16.0. The second-order valence-corrected chi connectivity index (χ2v) is 16.0. The van der Waals surface area contributed by atoms with Crippen LogP contribution in [0.2, 0.25) is 0 Å². The van der Waals surface area contributed by atoms with Gasteiger partial charge in [0.1, 0.15) is 5.78 Å². The fourth-order valence-corrected chi connectivity index (χ4v) is 5.35. The van der Waals surface area contributed by atoms with E-state index in [1.165, 1.54) is 13.3 Å². The number of nitrogens with zero attached hydrogens (tertiary/aromatic N) is 1. The largest absolute Gasteiger partial charge is 0.393 e. The number of nitrogens with one attached hydrogen (secondary N) is 1. The average Bonchev–Trinajstić information content (AvgIpc) is 3.52. The molecule has 0 bridgehead atoms. The molecule has 0 aromatic heterocycles. The van der Waals surface area contributed by atoms with Crippen molar-refractivity contribution in [3.8, 4) is 0 Å². The predicted octanol–water partition coefficient (Wildman–Crippen LogP) is 9.30. The van der Waals surface area contributed by atoms with Gasteiger partial charge in [0.15, 0.2) is 0 Å². The van der Waals surface area contributed by atoms with Crippen LogP contribution in [-0.4, -0.2) is 145 Å². The summed E-state index contributed by atoms with van der Waals surface area (Å²) < 4.78 is 19.9. The third kappa shape index (κ3) is 72.0. The lowest BCUT2D eigenvalue weighted by Crippen LogP contribution is -2.35. The van der Waals surface area contributed by atoms with Gasteiger partial charge in [-0.05, 0) is 66.2 Å². The Labute approximate surface area is 425 Å². The number of aliphatic hydroxyl groups is 4. The number of hydrogen-bond donors (Lipinski definition) is 6. The quantitative estimate of drug-likeness (QED) is 0.0271. The van der Waals surface area contributed by atoms with E-state index in [0.29, 0.717) is 57.4 Å². The van der Waals surface area contributed by atoms with Gasteiger partial charge >= 0.3 is 5.97 Å². The summed E-state index contributed by atoms with van der Waals surface area (Å²) in [6.07, 6.45) is 13.4. The van der Waals surface area contributed by atoms with E-state index in [2.05, 4.69) is 37.8 Å². The molecule has 0 aromatic carbocycles. The number of imide groups is 1. The first-order chi connectivity index (χ1) is 29.8. The van der Waals surface area contributed by atoms with Crippen LogP contribution in [0.4, 0.5) is 0 Å². The Bertz CT molecular complexity index is 1070. The lowest BCUT2D eigenvalue weighted by Gasteiger charge is -2.17. The third-order valence-electron chi connectivity index (χ3n) is 8.83. The van der Waals surface area contributed by atoms with Crippen molar-refractivity contribution in [3.05, 3.63) is 0 Å². The number of ether oxygens (including phenoxy) is 4. The SMILES string of the molecule is C.C.C.C.C.C.CCCCC(C)O.CCCCC(O)CC(C)=O.CCCCC(O)CC(C)N.CCCCC(O)CC(C)NC(=O)CCOCCOC.COCCOCCC(=O)ON1C(=O)CCC1=O. The molecule has 0 radical (unpaired) electrons. The van der Waals surface area contributed by atoms with Crippen molar-refractivity contribution in [1.82, 2.24) is 10.4 Å². The van der Waals surface area contributed by atoms with Crippen molar-refractivity contribution >= 4 is 29.5 Å². The zero-order valence-corrected chi connectivity index (χ0v) is 41.0. The predicted molar refractivity (Wildman–Crippen MR) is 286 cm³/mol. The molecule has 1 aliphatic heterocycles. The molecule has 1 aliphatic rings. The first-order valence-corrected chi connectivity index (χ1v) is 23.3. The third-order valence-corrected chi connectivity index (χ3v) is 8.83. The van der Waals surface area contributed by atoms with Crippen LogP contribution in [-0.2, 0) is 47.8 Å². The number of rotatable bonds is 32. The molecule has 69 heavy (non-hydrogen) atoms. The zero-order chi connectivity index (χ0) is 48.8. The summed E-state index contributed by atoms with van der Waals surface area (Å²) in [6.45, 7) is 18.0. The van der Waals surface area contributed by atoms with Crippen molar-refractivity contribution in [2.24, 2.45) is 5.73 Å². The fraction of sp³-hybridized carbons (Fsp3) is 0.904. The van der Waals surface area contributed by atoms with E-state index in [1.54, 1.807) is 14.2 Å². The Hall–Kier alpha value is -2.61. The van der Waals surface area contributed by atoms with Gasteiger partial charge in [-0.1, -0.05) is 124 Å². The van der Waals surface area contributed by atoms with E-state index < -0.39 is 23.9 Å². The van der Waals surface area contributed by atoms with Gasteiger partial charge in [-0.2, -0.15) is 0 Å². The summed E-state index contributed by atoms with van der Waals surface area (Å²) in [7, 11) is 3.16. The molecule has 0 aromatic rings. The van der Waals surface area contributed by atoms with Gasteiger partial charge in [-0.3, -0.25) is 19.2 Å². The summed E-state index contributed by atoms with van der Waals surface area (Å²) in [6, 6.07) is 0.130. The average molecular weight is 1010 g/mol. The van der Waals surface area contributed by atoms with E-state index in [1.807, 2.05) is 20.8 Å². The van der Waals surface area contributed by atoms with Crippen LogP contribution in [0.15, 0.2) is 0 Å². The highest BCUT2D eigenvalue weighted by Crippen LogP contribution is 2.13. The normalized spacial score (nSPS) is 13.5. The topological polar surface area (TPSA) is 254 Å². The lowest BCUT2D eigenvalue weighted by atomic mass is 10.1. The van der Waals surface area contributed by atoms with Crippen LogP contribution in [0.1, 0.15) is 222 Å². The summed E-state index contributed by atoms with van der Waals surface area (Å²) in [5.74, 6) is -1.59. The van der Waals surface area contributed by atoms with E-state index in [9.17, 15) is 34.2 Å². The van der Waals surface area contributed by atoms with Crippen LogP contribution in [0.5, 0.6) is 0 Å². The highest BCUT2D eigenvalue weighted by Gasteiger charge is 2.32. The van der Waals surface area contributed by atoms with Crippen LogP contribution < -0.4 is 11.1 Å². The highest BCUT2D eigenvalue weighted by atomic mass is 16.7. The first kappa shape index (κ1) is 89.3. The summed E-state index contributed by atoms with van der Waals surface area (Å²) >= 11 is 0. The van der Waals surface area contributed by atoms with Crippen molar-refractivity contribution in [2.45, 2.75) is 258 Å². The molecule has 6 unspecified atom stereocenters. The Balaban J connectivity index is -0.0000000803. The van der Waals surface area contributed by atoms with E-state index in [0.717, 1.165) is 77.0 Å². The Kier molecular flexibility index (Phi) is 84.6. The standard InChI is InChI=1S/C14H29NO4.C10H15NO6.C8H19NO.C8H16O2.C6H14O.6CH4/c1-4-5-6-13(16)11-12(2)15-14(17)7-8-19-10-9-18-3;1-15-6-7-16-5-4-10(14)17-11-8(12)2-3-9(11)13;2*1-3-4-5-8(10)6-7(2)9;1-3-4-5-6(2)7;;;;;;/h12-13,16H,4-11H2,1-3H3,(H,15,17);2-7H2,1H3;7-8,10H,3-6,9H2,1-2H3;8,10H,3-6H2,1-2H3;6-7H,3-5H2,1-2H3;6*1H4. The second kappa shape index (κ2) is 65.4. The highest BCUT2D eigenvalue weighted by molar-refractivity contribution is 6.01. The Morgan fingerprint density at radius 3 is 1.36 bits per heavy atom. The number of carbonyl (C=O) groups is 5. The van der Waals surface area contributed by atoms with Gasteiger partial charge in [-0.25, -0.2) is 4.79 Å². The minimum absolute atomic E-state index is 0. The number of amides is 3. The number of Topliss-reactive ketones (excluding diaryl/α,β-unsaturated/α-hetero) is 1. The molecule has 0 aliphatic carbocycles. The molecule has 1 heterocycles. The minimum atomic E-state index is -0.661. The minimum Gasteiger partial charge on any atom is -0.393 e. The first-order valence-electron chi connectivity index (χ1n) is 23.3.